The third kappa shape index (κ3) is 3.99. The molecule has 0 N–H and O–H groups in total. The van der Waals surface area contributed by atoms with Crippen LogP contribution in [0.5, 0.6) is 0 Å². The number of hydrogen-bond acceptors (Lipinski definition) is 4. The average Bonchev–Trinajstić information content (AvgIpc) is 3.24. The second kappa shape index (κ2) is 7.66. The summed E-state index contributed by atoms with van der Waals surface area (Å²) >= 11 is 0. The minimum Gasteiger partial charge on any atom is -0.454 e. The fourth-order valence-corrected chi connectivity index (χ4v) is 3.22. The molecule has 25 heavy (non-hydrogen) atoms. The molecule has 3 rings (SSSR count). The number of nitrogens with zero attached hydrogens (tertiary/aromatic N) is 1. The molecule has 2 heterocycles. The first kappa shape index (κ1) is 17.4. The topological polar surface area (TPSA) is 57.5 Å². The highest BCUT2D eigenvalue weighted by Crippen LogP contribution is 2.20. The molecule has 0 unspecified atom stereocenters. The smallest absolute Gasteiger partial charge is 0.338 e. The molecule has 5 nitrogen and oxygen atoms in total. The molecule has 0 radical (unpaired) electrons. The van der Waals surface area contributed by atoms with E-state index in [0.717, 1.165) is 37.4 Å². The summed E-state index contributed by atoms with van der Waals surface area (Å²) in [6.45, 7) is 5.22. The van der Waals surface area contributed by atoms with E-state index in [1.165, 1.54) is 0 Å². The van der Waals surface area contributed by atoms with Crippen LogP contribution in [0.25, 0.3) is 0 Å². The van der Waals surface area contributed by atoms with E-state index in [-0.39, 0.29) is 18.5 Å². The lowest BCUT2D eigenvalue weighted by atomic mass is 10.1. The Morgan fingerprint density at radius 1 is 1.24 bits per heavy atom. The molecule has 2 aromatic rings. The molecular weight excluding hydrogens is 318 g/mol. The standard InChI is InChI=1S/C20H23NO4/c1-14-11-18(15(2)21(14)12-17-9-6-10-24-17)19(22)13-25-20(23)16-7-4-3-5-8-16/h3-5,7-8,11,17H,6,9-10,12-13H2,1-2H3/t17-/m0/s1. The Kier molecular flexibility index (Phi) is 5.34. The Balaban J connectivity index is 1.65. The molecule has 5 heteroatoms. The van der Waals surface area contributed by atoms with Crippen molar-refractivity contribution in [2.45, 2.75) is 39.3 Å². The molecule has 1 saturated heterocycles. The summed E-state index contributed by atoms with van der Waals surface area (Å²) in [6.07, 6.45) is 2.35. The van der Waals surface area contributed by atoms with Gasteiger partial charge in [0.1, 0.15) is 0 Å². The summed E-state index contributed by atoms with van der Waals surface area (Å²) in [7, 11) is 0. The van der Waals surface area contributed by atoms with E-state index in [1.54, 1.807) is 24.3 Å². The third-order valence-corrected chi connectivity index (χ3v) is 4.63. The van der Waals surface area contributed by atoms with Crippen molar-refractivity contribution in [1.29, 1.82) is 0 Å². The number of ketones is 1. The van der Waals surface area contributed by atoms with Gasteiger partial charge in [0.05, 0.1) is 11.7 Å². The summed E-state index contributed by atoms with van der Waals surface area (Å²) in [5.74, 6) is -0.668. The van der Waals surface area contributed by atoms with Gasteiger partial charge in [0.2, 0.25) is 5.78 Å². The summed E-state index contributed by atoms with van der Waals surface area (Å²) in [4.78, 5) is 24.5. The highest BCUT2D eigenvalue weighted by Gasteiger charge is 2.21. The SMILES string of the molecule is Cc1cc(C(=O)COC(=O)c2ccccc2)c(C)n1C[C@@H]1CCCO1. The highest BCUT2D eigenvalue weighted by atomic mass is 16.5. The van der Waals surface area contributed by atoms with Crippen LogP contribution in [0.15, 0.2) is 36.4 Å². The molecule has 1 aliphatic heterocycles. The predicted molar refractivity (Wildman–Crippen MR) is 93.9 cm³/mol. The number of esters is 1. The normalized spacial score (nSPS) is 16.8. The van der Waals surface area contributed by atoms with E-state index in [4.69, 9.17) is 9.47 Å². The minimum atomic E-state index is -0.484. The predicted octanol–water partition coefficient (Wildman–Crippen LogP) is 3.32. The Hall–Kier alpha value is -2.40. The number of rotatable bonds is 6. The van der Waals surface area contributed by atoms with Crippen LogP contribution in [-0.2, 0) is 16.0 Å². The number of aromatic nitrogens is 1. The fourth-order valence-electron chi connectivity index (χ4n) is 3.22. The van der Waals surface area contributed by atoms with E-state index >= 15 is 0 Å². The van der Waals surface area contributed by atoms with Gasteiger partial charge in [-0.05, 0) is 44.9 Å². The number of benzene rings is 1. The first-order valence-corrected chi connectivity index (χ1v) is 8.60. The van der Waals surface area contributed by atoms with Crippen molar-refractivity contribution in [3.05, 3.63) is 58.9 Å². The van der Waals surface area contributed by atoms with E-state index in [9.17, 15) is 9.59 Å². The fraction of sp³-hybridized carbons (Fsp3) is 0.400. The summed E-state index contributed by atoms with van der Waals surface area (Å²) in [5.41, 5.74) is 2.97. The van der Waals surface area contributed by atoms with Crippen LogP contribution in [0.4, 0.5) is 0 Å². The van der Waals surface area contributed by atoms with Crippen LogP contribution in [-0.4, -0.2) is 35.6 Å². The summed E-state index contributed by atoms with van der Waals surface area (Å²) < 4.78 is 13.0. The molecule has 0 spiro atoms. The molecule has 1 fully saturated rings. The number of Topliss-reactive ketones (excluding diaryl/α,β-unsaturated/α-hetero) is 1. The number of carbonyl (C=O) groups is 2. The first-order valence-electron chi connectivity index (χ1n) is 8.60. The molecule has 1 aliphatic rings. The first-order chi connectivity index (χ1) is 12.1. The quantitative estimate of drug-likeness (QED) is 0.597. The molecule has 1 aromatic heterocycles. The van der Waals surface area contributed by atoms with Crippen molar-refractivity contribution in [2.24, 2.45) is 0 Å². The zero-order chi connectivity index (χ0) is 17.8. The molecule has 132 valence electrons. The Labute approximate surface area is 147 Å². The Morgan fingerprint density at radius 2 is 2.00 bits per heavy atom. The van der Waals surface area contributed by atoms with Crippen molar-refractivity contribution in [3.63, 3.8) is 0 Å². The van der Waals surface area contributed by atoms with Crippen LogP contribution in [0.3, 0.4) is 0 Å². The van der Waals surface area contributed by atoms with Crippen LogP contribution in [0, 0.1) is 13.8 Å². The number of carbonyl (C=O) groups excluding carboxylic acids is 2. The van der Waals surface area contributed by atoms with Gasteiger partial charge in [0.15, 0.2) is 6.61 Å². The Morgan fingerprint density at radius 3 is 2.68 bits per heavy atom. The maximum Gasteiger partial charge on any atom is 0.338 e. The van der Waals surface area contributed by atoms with Gasteiger partial charge in [-0.1, -0.05) is 18.2 Å². The lowest BCUT2D eigenvalue weighted by Gasteiger charge is -2.14. The maximum atomic E-state index is 12.5. The second-order valence-corrected chi connectivity index (χ2v) is 6.40. The maximum absolute atomic E-state index is 12.5. The van der Waals surface area contributed by atoms with Gasteiger partial charge in [-0.2, -0.15) is 0 Å². The van der Waals surface area contributed by atoms with E-state index < -0.39 is 5.97 Å². The molecular formula is C20H23NO4. The third-order valence-electron chi connectivity index (χ3n) is 4.63. The van der Waals surface area contributed by atoms with Crippen LogP contribution in [0.1, 0.15) is 44.9 Å². The van der Waals surface area contributed by atoms with Crippen molar-refractivity contribution in [1.82, 2.24) is 4.57 Å². The van der Waals surface area contributed by atoms with E-state index in [0.29, 0.717) is 11.1 Å². The molecule has 0 amide bonds. The second-order valence-electron chi connectivity index (χ2n) is 6.40. The zero-order valence-electron chi connectivity index (χ0n) is 14.7. The molecule has 0 saturated carbocycles. The van der Waals surface area contributed by atoms with E-state index in [2.05, 4.69) is 4.57 Å². The van der Waals surface area contributed by atoms with Gasteiger partial charge in [-0.25, -0.2) is 4.79 Å². The number of hydrogen-bond donors (Lipinski definition) is 0. The average molecular weight is 341 g/mol. The summed E-state index contributed by atoms with van der Waals surface area (Å²) in [5, 5.41) is 0. The summed E-state index contributed by atoms with van der Waals surface area (Å²) in [6, 6.07) is 10.5. The van der Waals surface area contributed by atoms with Crippen molar-refractivity contribution >= 4 is 11.8 Å². The van der Waals surface area contributed by atoms with Crippen LogP contribution in [0.2, 0.25) is 0 Å². The lowest BCUT2D eigenvalue weighted by Crippen LogP contribution is -2.18. The largest absolute Gasteiger partial charge is 0.454 e. The molecule has 0 aliphatic carbocycles. The van der Waals surface area contributed by atoms with Crippen LogP contribution < -0.4 is 0 Å². The van der Waals surface area contributed by atoms with Gasteiger partial charge >= 0.3 is 5.97 Å². The molecule has 1 atom stereocenters. The zero-order valence-corrected chi connectivity index (χ0v) is 14.7. The van der Waals surface area contributed by atoms with Crippen LogP contribution >= 0.6 is 0 Å². The van der Waals surface area contributed by atoms with Crippen molar-refractivity contribution in [2.75, 3.05) is 13.2 Å². The highest BCUT2D eigenvalue weighted by molar-refractivity contribution is 6.00. The number of ether oxygens (including phenoxy) is 2. The van der Waals surface area contributed by atoms with Gasteiger partial charge in [-0.15, -0.1) is 0 Å². The van der Waals surface area contributed by atoms with Crippen molar-refractivity contribution in [3.8, 4) is 0 Å². The monoisotopic (exact) mass is 341 g/mol. The Bertz CT molecular complexity index is 758. The molecule has 1 aromatic carbocycles. The lowest BCUT2D eigenvalue weighted by molar-refractivity contribution is 0.0474. The molecule has 0 bridgehead atoms. The van der Waals surface area contributed by atoms with Crippen molar-refractivity contribution < 1.29 is 19.1 Å². The number of aryl methyl sites for hydroxylation is 1. The van der Waals surface area contributed by atoms with Gasteiger partial charge in [0, 0.05) is 30.1 Å². The van der Waals surface area contributed by atoms with Gasteiger partial charge in [0.25, 0.3) is 0 Å². The minimum absolute atomic E-state index is 0.184. The van der Waals surface area contributed by atoms with Gasteiger partial charge in [-0.3, -0.25) is 4.79 Å². The van der Waals surface area contributed by atoms with E-state index in [1.807, 2.05) is 26.0 Å². The van der Waals surface area contributed by atoms with Gasteiger partial charge < -0.3 is 14.0 Å².